The Morgan fingerprint density at radius 3 is 2.61 bits per heavy atom. The zero-order chi connectivity index (χ0) is 13.0. The van der Waals surface area contributed by atoms with Crippen LogP contribution in [0.15, 0.2) is 0 Å². The fourth-order valence-corrected chi connectivity index (χ4v) is 2.91. The molecule has 0 aromatic heterocycles. The van der Waals surface area contributed by atoms with E-state index in [4.69, 9.17) is 0 Å². The topological polar surface area (TPSA) is 61.4 Å². The summed E-state index contributed by atoms with van der Waals surface area (Å²) in [7, 11) is 0. The second-order valence-electron chi connectivity index (χ2n) is 5.26. The van der Waals surface area contributed by atoms with E-state index in [0.717, 1.165) is 25.8 Å². The molecule has 1 heterocycles. The zero-order valence-corrected chi connectivity index (χ0v) is 11.1. The van der Waals surface area contributed by atoms with Crippen LogP contribution in [-0.4, -0.2) is 42.5 Å². The molecule has 1 aliphatic carbocycles. The van der Waals surface area contributed by atoms with Gasteiger partial charge in [-0.3, -0.25) is 4.79 Å². The number of urea groups is 1. The molecule has 18 heavy (non-hydrogen) atoms. The van der Waals surface area contributed by atoms with E-state index >= 15 is 0 Å². The van der Waals surface area contributed by atoms with Gasteiger partial charge < -0.3 is 15.5 Å². The Labute approximate surface area is 108 Å². The Balaban J connectivity index is 1.77. The molecule has 0 aromatic rings. The maximum atomic E-state index is 12.2. The van der Waals surface area contributed by atoms with E-state index in [1.54, 1.807) is 0 Å². The van der Waals surface area contributed by atoms with E-state index in [1.807, 2.05) is 11.8 Å². The van der Waals surface area contributed by atoms with Gasteiger partial charge in [-0.15, -0.1) is 0 Å². The maximum Gasteiger partial charge on any atom is 0.315 e. The highest BCUT2D eigenvalue weighted by Gasteiger charge is 2.32. The van der Waals surface area contributed by atoms with Crippen molar-refractivity contribution < 1.29 is 9.59 Å². The van der Waals surface area contributed by atoms with Crippen molar-refractivity contribution in [2.75, 3.05) is 19.6 Å². The van der Waals surface area contributed by atoms with Crippen LogP contribution >= 0.6 is 0 Å². The van der Waals surface area contributed by atoms with Gasteiger partial charge in [0.25, 0.3) is 0 Å². The minimum atomic E-state index is -0.127. The lowest BCUT2D eigenvalue weighted by Gasteiger charge is -2.20. The minimum Gasteiger partial charge on any atom is -0.340 e. The molecule has 1 aliphatic heterocycles. The van der Waals surface area contributed by atoms with E-state index in [9.17, 15) is 9.59 Å². The summed E-state index contributed by atoms with van der Waals surface area (Å²) in [5.41, 5.74) is 0. The number of amides is 3. The van der Waals surface area contributed by atoms with Crippen molar-refractivity contribution in [3.05, 3.63) is 0 Å². The molecule has 1 atom stereocenters. The molecule has 1 saturated carbocycles. The summed E-state index contributed by atoms with van der Waals surface area (Å²) in [6.45, 7) is 3.98. The van der Waals surface area contributed by atoms with Crippen LogP contribution in [0.2, 0.25) is 0 Å². The third kappa shape index (κ3) is 3.15. The molecule has 2 rings (SSSR count). The predicted octanol–water partition coefficient (Wildman–Crippen LogP) is 1.10. The number of carbonyl (C=O) groups excluding carboxylic acids is 2. The van der Waals surface area contributed by atoms with E-state index in [-0.39, 0.29) is 18.0 Å². The Morgan fingerprint density at radius 2 is 1.94 bits per heavy atom. The number of likely N-dealkylation sites (tertiary alicyclic amines) is 1. The van der Waals surface area contributed by atoms with Crippen LogP contribution in [0.1, 0.15) is 39.0 Å². The van der Waals surface area contributed by atoms with Gasteiger partial charge in [0.15, 0.2) is 0 Å². The largest absolute Gasteiger partial charge is 0.340 e. The Kier molecular flexibility index (Phi) is 4.44. The molecule has 2 N–H and O–H groups in total. The summed E-state index contributed by atoms with van der Waals surface area (Å²) in [6.07, 6.45) is 5.33. The summed E-state index contributed by atoms with van der Waals surface area (Å²) in [5, 5.41) is 5.63. The van der Waals surface area contributed by atoms with Gasteiger partial charge in [-0.05, 0) is 26.2 Å². The third-order valence-corrected chi connectivity index (χ3v) is 3.88. The molecule has 5 heteroatoms. The van der Waals surface area contributed by atoms with Crippen LogP contribution in [0.4, 0.5) is 4.79 Å². The molecule has 5 nitrogen and oxygen atoms in total. The quantitative estimate of drug-likeness (QED) is 0.791. The van der Waals surface area contributed by atoms with Crippen molar-refractivity contribution in [3.63, 3.8) is 0 Å². The van der Waals surface area contributed by atoms with Gasteiger partial charge in [0, 0.05) is 31.6 Å². The molecule has 0 spiro atoms. The fourth-order valence-electron chi connectivity index (χ4n) is 2.91. The third-order valence-electron chi connectivity index (χ3n) is 3.88. The highest BCUT2D eigenvalue weighted by Crippen LogP contribution is 2.27. The summed E-state index contributed by atoms with van der Waals surface area (Å²) in [4.78, 5) is 25.5. The standard InChI is InChI=1S/C13H23N3O2/c1-2-14-13(18)15-11-7-8-16(9-11)12(17)10-5-3-4-6-10/h10-11H,2-9H2,1H3,(H2,14,15,18)/t11-/m1/s1. The summed E-state index contributed by atoms with van der Waals surface area (Å²) in [5.74, 6) is 0.543. The Hall–Kier alpha value is -1.26. The first-order chi connectivity index (χ1) is 8.70. The molecule has 3 amide bonds. The van der Waals surface area contributed by atoms with Crippen LogP contribution < -0.4 is 10.6 Å². The highest BCUT2D eigenvalue weighted by atomic mass is 16.2. The number of nitrogens with one attached hydrogen (secondary N) is 2. The number of nitrogens with zero attached hydrogens (tertiary/aromatic N) is 1. The van der Waals surface area contributed by atoms with E-state index in [1.165, 1.54) is 12.8 Å². The van der Waals surface area contributed by atoms with Crippen molar-refractivity contribution in [1.82, 2.24) is 15.5 Å². The molecule has 2 fully saturated rings. The number of carbonyl (C=O) groups is 2. The van der Waals surface area contributed by atoms with Crippen LogP contribution in [0.25, 0.3) is 0 Å². The molecular formula is C13H23N3O2. The SMILES string of the molecule is CCNC(=O)N[C@@H]1CCN(C(=O)C2CCCC2)C1. The first kappa shape index (κ1) is 13.2. The average Bonchev–Trinajstić information content (AvgIpc) is 2.98. The molecular weight excluding hydrogens is 230 g/mol. The molecule has 0 aromatic carbocycles. The van der Waals surface area contributed by atoms with Crippen LogP contribution in [0.3, 0.4) is 0 Å². The van der Waals surface area contributed by atoms with Gasteiger partial charge in [-0.2, -0.15) is 0 Å². The first-order valence-corrected chi connectivity index (χ1v) is 7.04. The predicted molar refractivity (Wildman–Crippen MR) is 69.2 cm³/mol. The lowest BCUT2D eigenvalue weighted by atomic mass is 10.1. The van der Waals surface area contributed by atoms with Crippen molar-refractivity contribution >= 4 is 11.9 Å². The second kappa shape index (κ2) is 6.07. The van der Waals surface area contributed by atoms with Gasteiger partial charge >= 0.3 is 6.03 Å². The molecule has 0 bridgehead atoms. The van der Waals surface area contributed by atoms with Crippen molar-refractivity contribution in [2.24, 2.45) is 5.92 Å². The molecule has 0 radical (unpaired) electrons. The fraction of sp³-hybridized carbons (Fsp3) is 0.846. The van der Waals surface area contributed by atoms with Crippen molar-refractivity contribution in [1.29, 1.82) is 0 Å². The second-order valence-corrected chi connectivity index (χ2v) is 5.26. The average molecular weight is 253 g/mol. The highest BCUT2D eigenvalue weighted by molar-refractivity contribution is 5.80. The van der Waals surface area contributed by atoms with Crippen LogP contribution in [-0.2, 0) is 4.79 Å². The van der Waals surface area contributed by atoms with E-state index in [2.05, 4.69) is 10.6 Å². The summed E-state index contributed by atoms with van der Waals surface area (Å²) >= 11 is 0. The van der Waals surface area contributed by atoms with Crippen molar-refractivity contribution in [2.45, 2.75) is 45.1 Å². The first-order valence-electron chi connectivity index (χ1n) is 7.04. The van der Waals surface area contributed by atoms with Gasteiger partial charge in [0.2, 0.25) is 5.91 Å². The monoisotopic (exact) mass is 253 g/mol. The van der Waals surface area contributed by atoms with Gasteiger partial charge in [0.05, 0.1) is 0 Å². The number of hydrogen-bond donors (Lipinski definition) is 2. The maximum absolute atomic E-state index is 12.2. The number of hydrogen-bond acceptors (Lipinski definition) is 2. The molecule has 0 unspecified atom stereocenters. The minimum absolute atomic E-state index is 0.113. The van der Waals surface area contributed by atoms with Gasteiger partial charge in [-0.25, -0.2) is 4.79 Å². The van der Waals surface area contributed by atoms with Crippen LogP contribution in [0.5, 0.6) is 0 Å². The smallest absolute Gasteiger partial charge is 0.315 e. The molecule has 2 aliphatic rings. The van der Waals surface area contributed by atoms with Crippen molar-refractivity contribution in [3.8, 4) is 0 Å². The van der Waals surface area contributed by atoms with Gasteiger partial charge in [-0.1, -0.05) is 12.8 Å². The summed E-state index contributed by atoms with van der Waals surface area (Å²) < 4.78 is 0. The normalized spacial score (nSPS) is 24.3. The van der Waals surface area contributed by atoms with Crippen LogP contribution in [0, 0.1) is 5.92 Å². The molecule has 1 saturated heterocycles. The Morgan fingerprint density at radius 1 is 1.22 bits per heavy atom. The molecule has 102 valence electrons. The summed E-state index contributed by atoms with van der Waals surface area (Å²) in [6, 6.07) is -0.0143. The zero-order valence-electron chi connectivity index (χ0n) is 11.1. The van der Waals surface area contributed by atoms with Gasteiger partial charge in [0.1, 0.15) is 0 Å². The van der Waals surface area contributed by atoms with E-state index in [0.29, 0.717) is 19.0 Å². The lowest BCUT2D eigenvalue weighted by molar-refractivity contribution is -0.134. The number of rotatable bonds is 3. The Bertz CT molecular complexity index is 313. The van der Waals surface area contributed by atoms with E-state index < -0.39 is 0 Å². The lowest BCUT2D eigenvalue weighted by Crippen LogP contribution is -2.44.